The van der Waals surface area contributed by atoms with Crippen molar-refractivity contribution in [1.82, 2.24) is 15.1 Å². The van der Waals surface area contributed by atoms with Gasteiger partial charge in [-0.3, -0.25) is 19.4 Å². The van der Waals surface area contributed by atoms with Crippen molar-refractivity contribution < 1.29 is 14.7 Å². The number of carboxylic acids is 1. The Kier molecular flexibility index (Phi) is 6.23. The van der Waals surface area contributed by atoms with Crippen LogP contribution in [0.5, 0.6) is 0 Å². The number of carbonyl (C=O) groups is 2. The van der Waals surface area contributed by atoms with E-state index in [-0.39, 0.29) is 24.5 Å². The van der Waals surface area contributed by atoms with Gasteiger partial charge in [-0.25, -0.2) is 0 Å². The van der Waals surface area contributed by atoms with E-state index in [2.05, 4.69) is 17.1 Å². The van der Waals surface area contributed by atoms with E-state index in [1.807, 2.05) is 18.9 Å². The zero-order valence-corrected chi connectivity index (χ0v) is 16.5. The summed E-state index contributed by atoms with van der Waals surface area (Å²) in [5, 5.41) is 12.2. The van der Waals surface area contributed by atoms with E-state index in [1.165, 1.54) is 25.7 Å². The van der Waals surface area contributed by atoms with Gasteiger partial charge in [0.1, 0.15) is 0 Å². The second kappa shape index (κ2) is 8.26. The number of likely N-dealkylation sites (tertiary alicyclic amines) is 1. The Labute approximate surface area is 157 Å². The minimum Gasteiger partial charge on any atom is -0.480 e. The molecule has 2 bridgehead atoms. The number of nitrogens with one attached hydrogen (secondary N) is 1. The van der Waals surface area contributed by atoms with Crippen LogP contribution in [0.4, 0.5) is 0 Å². The molecule has 1 heterocycles. The highest BCUT2D eigenvalue weighted by atomic mass is 16.4. The lowest BCUT2D eigenvalue weighted by Crippen LogP contribution is -2.53. The van der Waals surface area contributed by atoms with Gasteiger partial charge in [-0.1, -0.05) is 6.42 Å². The fourth-order valence-electron chi connectivity index (χ4n) is 5.58. The highest BCUT2D eigenvalue weighted by Crippen LogP contribution is 2.49. The van der Waals surface area contributed by atoms with Crippen molar-refractivity contribution in [3.8, 4) is 0 Å². The molecule has 3 rings (SSSR count). The van der Waals surface area contributed by atoms with Crippen LogP contribution in [0.1, 0.15) is 52.4 Å². The number of carbonyl (C=O) groups excluding carboxylic acids is 1. The molecule has 2 aliphatic carbocycles. The van der Waals surface area contributed by atoms with E-state index >= 15 is 0 Å². The number of amides is 1. The van der Waals surface area contributed by atoms with Crippen LogP contribution in [0.15, 0.2) is 0 Å². The maximum atomic E-state index is 12.7. The van der Waals surface area contributed by atoms with Crippen LogP contribution in [-0.2, 0) is 9.59 Å². The molecule has 1 aliphatic heterocycles. The van der Waals surface area contributed by atoms with Gasteiger partial charge in [-0.05, 0) is 70.8 Å². The average Bonchev–Trinajstić information content (AvgIpc) is 3.24. The number of piperidine rings is 1. The highest BCUT2D eigenvalue weighted by molar-refractivity contribution is 5.81. The van der Waals surface area contributed by atoms with Gasteiger partial charge in [-0.15, -0.1) is 0 Å². The van der Waals surface area contributed by atoms with Crippen LogP contribution < -0.4 is 5.32 Å². The molecule has 0 aromatic rings. The molecule has 1 saturated heterocycles. The van der Waals surface area contributed by atoms with Crippen molar-refractivity contribution in [2.75, 3.05) is 26.7 Å². The van der Waals surface area contributed by atoms with Crippen LogP contribution in [0.2, 0.25) is 0 Å². The second-order valence-corrected chi connectivity index (χ2v) is 8.89. The molecule has 2 N–H and O–H groups in total. The minimum atomic E-state index is -0.780. The van der Waals surface area contributed by atoms with Crippen molar-refractivity contribution in [2.24, 2.45) is 17.8 Å². The lowest BCUT2D eigenvalue weighted by Gasteiger charge is -2.39. The van der Waals surface area contributed by atoms with Gasteiger partial charge in [0.25, 0.3) is 0 Å². The Bertz CT molecular complexity index is 518. The molecule has 0 radical (unpaired) electrons. The van der Waals surface area contributed by atoms with Gasteiger partial charge in [-0.2, -0.15) is 0 Å². The van der Waals surface area contributed by atoms with Crippen molar-refractivity contribution in [3.63, 3.8) is 0 Å². The molecular formula is C20H35N3O3. The SMILES string of the molecule is CC(NC(=O)C(C)N1CCC(N(C)CC(=O)O)CC1)C1CC2CCC1C2. The largest absolute Gasteiger partial charge is 0.480 e. The molecule has 26 heavy (non-hydrogen) atoms. The summed E-state index contributed by atoms with van der Waals surface area (Å²) in [4.78, 5) is 27.8. The van der Waals surface area contributed by atoms with E-state index in [4.69, 9.17) is 5.11 Å². The van der Waals surface area contributed by atoms with E-state index < -0.39 is 5.97 Å². The lowest BCUT2D eigenvalue weighted by atomic mass is 9.84. The third-order valence-corrected chi connectivity index (χ3v) is 7.24. The molecule has 148 valence electrons. The number of aliphatic carboxylic acids is 1. The number of hydrogen-bond donors (Lipinski definition) is 2. The zero-order valence-electron chi connectivity index (χ0n) is 16.5. The maximum absolute atomic E-state index is 12.7. The van der Waals surface area contributed by atoms with Crippen LogP contribution >= 0.6 is 0 Å². The molecule has 0 aromatic carbocycles. The lowest BCUT2D eigenvalue weighted by molar-refractivity contribution is -0.138. The number of carboxylic acid groups (broad SMARTS) is 1. The summed E-state index contributed by atoms with van der Waals surface area (Å²) in [5.74, 6) is 1.77. The summed E-state index contributed by atoms with van der Waals surface area (Å²) in [6.07, 6.45) is 7.25. The molecule has 5 atom stereocenters. The molecular weight excluding hydrogens is 330 g/mol. The van der Waals surface area contributed by atoms with Gasteiger partial charge < -0.3 is 10.4 Å². The van der Waals surface area contributed by atoms with Gasteiger partial charge in [0.05, 0.1) is 12.6 Å². The normalized spacial score (nSPS) is 31.9. The predicted octanol–water partition coefficient (Wildman–Crippen LogP) is 1.80. The first-order valence-corrected chi connectivity index (χ1v) is 10.3. The predicted molar refractivity (Wildman–Crippen MR) is 101 cm³/mol. The quantitative estimate of drug-likeness (QED) is 0.720. The van der Waals surface area contributed by atoms with Crippen LogP contribution in [0.3, 0.4) is 0 Å². The van der Waals surface area contributed by atoms with E-state index in [9.17, 15) is 9.59 Å². The Morgan fingerprint density at radius 1 is 1.15 bits per heavy atom. The van der Waals surface area contributed by atoms with Gasteiger partial charge in [0, 0.05) is 25.2 Å². The standard InChI is InChI=1S/C20H35N3O3/c1-13(18-11-15-4-5-16(18)10-15)21-20(26)14(2)23-8-6-17(7-9-23)22(3)12-19(24)25/h13-18H,4-12H2,1-3H3,(H,21,26)(H,24,25). The minimum absolute atomic E-state index is 0.0851. The Morgan fingerprint density at radius 3 is 2.38 bits per heavy atom. The summed E-state index contributed by atoms with van der Waals surface area (Å²) in [6, 6.07) is 0.465. The Hall–Kier alpha value is -1.14. The molecule has 0 spiro atoms. The number of rotatable bonds is 7. The molecule has 0 aromatic heterocycles. The summed E-state index contributed by atoms with van der Waals surface area (Å²) in [6.45, 7) is 5.98. The first-order chi connectivity index (χ1) is 12.3. The first kappa shape index (κ1) is 19.6. The van der Waals surface area contributed by atoms with Crippen LogP contribution in [0, 0.1) is 17.8 Å². The number of nitrogens with zero attached hydrogens (tertiary/aromatic N) is 2. The molecule has 6 nitrogen and oxygen atoms in total. The van der Waals surface area contributed by atoms with Crippen LogP contribution in [-0.4, -0.2) is 71.6 Å². The Morgan fingerprint density at radius 2 is 1.85 bits per heavy atom. The van der Waals surface area contributed by atoms with E-state index in [1.54, 1.807) is 0 Å². The summed E-state index contributed by atoms with van der Waals surface area (Å²) in [7, 11) is 1.88. The molecule has 3 aliphatic rings. The monoisotopic (exact) mass is 365 g/mol. The summed E-state index contributed by atoms with van der Waals surface area (Å²) < 4.78 is 0. The second-order valence-electron chi connectivity index (χ2n) is 8.89. The van der Waals surface area contributed by atoms with Crippen molar-refractivity contribution in [2.45, 2.75) is 70.5 Å². The maximum Gasteiger partial charge on any atom is 0.317 e. The summed E-state index contributed by atoms with van der Waals surface area (Å²) in [5.41, 5.74) is 0. The fourth-order valence-corrected chi connectivity index (χ4v) is 5.58. The average molecular weight is 366 g/mol. The van der Waals surface area contributed by atoms with Gasteiger partial charge in [0.15, 0.2) is 0 Å². The molecule has 3 fully saturated rings. The summed E-state index contributed by atoms with van der Waals surface area (Å²) >= 11 is 0. The third-order valence-electron chi connectivity index (χ3n) is 7.24. The zero-order chi connectivity index (χ0) is 18.8. The third kappa shape index (κ3) is 4.39. The van der Waals surface area contributed by atoms with Crippen molar-refractivity contribution in [3.05, 3.63) is 0 Å². The smallest absolute Gasteiger partial charge is 0.317 e. The number of hydrogen-bond acceptors (Lipinski definition) is 4. The van der Waals surface area contributed by atoms with Crippen LogP contribution in [0.25, 0.3) is 0 Å². The Balaban J connectivity index is 1.43. The van der Waals surface area contributed by atoms with Crippen molar-refractivity contribution in [1.29, 1.82) is 0 Å². The fraction of sp³-hybridized carbons (Fsp3) is 0.900. The van der Waals surface area contributed by atoms with Crippen molar-refractivity contribution >= 4 is 11.9 Å². The highest BCUT2D eigenvalue weighted by Gasteiger charge is 2.42. The topological polar surface area (TPSA) is 72.9 Å². The van der Waals surface area contributed by atoms with Gasteiger partial charge in [0.2, 0.25) is 5.91 Å². The number of likely N-dealkylation sites (N-methyl/N-ethyl adjacent to an activating group) is 1. The molecule has 5 unspecified atom stereocenters. The van der Waals surface area contributed by atoms with Gasteiger partial charge >= 0.3 is 5.97 Å². The number of fused-ring (bicyclic) bond motifs is 2. The van der Waals surface area contributed by atoms with E-state index in [0.29, 0.717) is 12.0 Å². The molecule has 2 saturated carbocycles. The first-order valence-electron chi connectivity index (χ1n) is 10.3. The molecule has 6 heteroatoms. The van der Waals surface area contributed by atoms with E-state index in [0.717, 1.165) is 37.8 Å². The molecule has 1 amide bonds.